The van der Waals surface area contributed by atoms with E-state index in [0.717, 1.165) is 11.6 Å². The predicted molar refractivity (Wildman–Crippen MR) is 54.4 cm³/mol. The average molecular weight is 153 g/mol. The molecule has 0 saturated carbocycles. The molecular formula is C10H22B. The van der Waals surface area contributed by atoms with E-state index in [-0.39, 0.29) is 0 Å². The Bertz CT molecular complexity index is 78.9. The van der Waals surface area contributed by atoms with Crippen molar-refractivity contribution in [2.75, 3.05) is 0 Å². The number of hydrogen-bond acceptors (Lipinski definition) is 0. The summed E-state index contributed by atoms with van der Waals surface area (Å²) in [6.07, 6.45) is 5.44. The van der Waals surface area contributed by atoms with Crippen LogP contribution in [0.3, 0.4) is 0 Å². The topological polar surface area (TPSA) is 0 Å². The highest BCUT2D eigenvalue weighted by molar-refractivity contribution is 6.39. The first-order valence-corrected chi connectivity index (χ1v) is 5.05. The first-order valence-electron chi connectivity index (χ1n) is 5.05. The molecule has 0 nitrogen and oxygen atoms in total. The van der Waals surface area contributed by atoms with Crippen molar-refractivity contribution in [2.24, 2.45) is 0 Å². The maximum Gasteiger partial charge on any atom is 0.117 e. The van der Waals surface area contributed by atoms with E-state index in [1.54, 1.807) is 0 Å². The van der Waals surface area contributed by atoms with Gasteiger partial charge in [-0.05, 0) is 0 Å². The molecule has 1 radical (unpaired) electrons. The molecule has 0 aromatic heterocycles. The minimum absolute atomic E-state index is 0.761. The Morgan fingerprint density at radius 3 is 2.18 bits per heavy atom. The number of rotatable bonds is 6. The highest BCUT2D eigenvalue weighted by Crippen LogP contribution is 2.21. The molecule has 0 aromatic rings. The van der Waals surface area contributed by atoms with Gasteiger partial charge in [0.1, 0.15) is 7.28 Å². The van der Waals surface area contributed by atoms with Crippen LogP contribution in [0.5, 0.6) is 0 Å². The Balaban J connectivity index is 3.41. The molecule has 0 fully saturated rings. The van der Waals surface area contributed by atoms with E-state index in [4.69, 9.17) is 0 Å². The van der Waals surface area contributed by atoms with Gasteiger partial charge in [-0.3, -0.25) is 0 Å². The fourth-order valence-electron chi connectivity index (χ4n) is 1.45. The largest absolute Gasteiger partial charge is 0.117 e. The van der Waals surface area contributed by atoms with Gasteiger partial charge in [0.2, 0.25) is 0 Å². The molecule has 11 heavy (non-hydrogen) atoms. The van der Waals surface area contributed by atoms with E-state index in [1.165, 1.54) is 25.7 Å². The summed E-state index contributed by atoms with van der Waals surface area (Å²) in [6, 6.07) is 0. The lowest BCUT2D eigenvalue weighted by Crippen LogP contribution is -2.05. The van der Waals surface area contributed by atoms with Gasteiger partial charge in [0.15, 0.2) is 0 Å². The Morgan fingerprint density at radius 1 is 1.18 bits per heavy atom. The molecule has 0 N–H and O–H groups in total. The number of hydrogen-bond donors (Lipinski definition) is 0. The van der Waals surface area contributed by atoms with Gasteiger partial charge >= 0.3 is 0 Å². The molecule has 0 aliphatic heterocycles. The van der Waals surface area contributed by atoms with E-state index >= 15 is 0 Å². The molecule has 0 aliphatic carbocycles. The van der Waals surface area contributed by atoms with Crippen molar-refractivity contribution in [3.63, 3.8) is 0 Å². The summed E-state index contributed by atoms with van der Waals surface area (Å²) in [5.74, 6) is 1.63. The summed E-state index contributed by atoms with van der Waals surface area (Å²) < 4.78 is 0. The summed E-state index contributed by atoms with van der Waals surface area (Å²) in [7, 11) is 2.50. The van der Waals surface area contributed by atoms with Gasteiger partial charge in [-0.2, -0.15) is 0 Å². The molecule has 0 heterocycles. The van der Waals surface area contributed by atoms with Crippen LogP contribution in [-0.2, 0) is 0 Å². The molecule has 1 unspecified atom stereocenters. The van der Waals surface area contributed by atoms with Crippen LogP contribution >= 0.6 is 0 Å². The Morgan fingerprint density at radius 2 is 1.82 bits per heavy atom. The van der Waals surface area contributed by atoms with Crippen LogP contribution in [0, 0.1) is 0 Å². The smallest absolute Gasteiger partial charge is 0.0742 e. The van der Waals surface area contributed by atoms with Crippen molar-refractivity contribution in [1.29, 1.82) is 0 Å². The van der Waals surface area contributed by atoms with Crippen LogP contribution in [0.15, 0.2) is 0 Å². The van der Waals surface area contributed by atoms with E-state index in [9.17, 15) is 0 Å². The standard InChI is InChI=1S/C10H22B/c1-5-7-8-10(6-2)11-9(3)4/h9-10H,5-8H2,1-4H3. The first-order chi connectivity index (χ1) is 5.20. The molecule has 0 bridgehead atoms. The monoisotopic (exact) mass is 153 g/mol. The minimum Gasteiger partial charge on any atom is -0.0742 e. The van der Waals surface area contributed by atoms with Crippen molar-refractivity contribution in [3.8, 4) is 0 Å². The second kappa shape index (κ2) is 6.76. The second-order valence-corrected chi connectivity index (χ2v) is 3.75. The molecule has 0 amide bonds. The molecule has 0 saturated heterocycles. The Labute approximate surface area is 73.0 Å². The SMILES string of the molecule is CCCCC([B]C(C)C)CC. The zero-order valence-corrected chi connectivity index (χ0v) is 8.56. The van der Waals surface area contributed by atoms with Crippen LogP contribution < -0.4 is 0 Å². The fourth-order valence-corrected chi connectivity index (χ4v) is 1.45. The summed E-state index contributed by atoms with van der Waals surface area (Å²) in [4.78, 5) is 0. The molecular weight excluding hydrogens is 131 g/mol. The van der Waals surface area contributed by atoms with Crippen LogP contribution in [-0.4, -0.2) is 7.28 Å². The molecule has 1 heteroatoms. The van der Waals surface area contributed by atoms with Crippen molar-refractivity contribution < 1.29 is 0 Å². The Hall–Kier alpha value is 0.0649. The first kappa shape index (κ1) is 11.1. The lowest BCUT2D eigenvalue weighted by molar-refractivity contribution is 0.644. The van der Waals surface area contributed by atoms with Gasteiger partial charge in [0.05, 0.1) is 0 Å². The quantitative estimate of drug-likeness (QED) is 0.507. The summed E-state index contributed by atoms with van der Waals surface area (Å²) >= 11 is 0. The van der Waals surface area contributed by atoms with Crippen LogP contribution in [0.1, 0.15) is 53.4 Å². The van der Waals surface area contributed by atoms with E-state index in [0.29, 0.717) is 0 Å². The van der Waals surface area contributed by atoms with Crippen molar-refractivity contribution in [3.05, 3.63) is 0 Å². The zero-order valence-electron chi connectivity index (χ0n) is 8.56. The highest BCUT2D eigenvalue weighted by Gasteiger charge is 2.08. The van der Waals surface area contributed by atoms with Crippen molar-refractivity contribution in [2.45, 2.75) is 65.0 Å². The van der Waals surface area contributed by atoms with Crippen molar-refractivity contribution in [1.82, 2.24) is 0 Å². The zero-order chi connectivity index (χ0) is 8.69. The maximum atomic E-state index is 2.50. The molecule has 0 rings (SSSR count). The third-order valence-corrected chi connectivity index (χ3v) is 2.11. The molecule has 1 atom stereocenters. The van der Waals surface area contributed by atoms with Gasteiger partial charge in [-0.25, -0.2) is 0 Å². The fraction of sp³-hybridized carbons (Fsp3) is 1.00. The molecule has 0 spiro atoms. The molecule has 0 aliphatic rings. The van der Waals surface area contributed by atoms with Gasteiger partial charge < -0.3 is 0 Å². The van der Waals surface area contributed by atoms with Crippen LogP contribution in [0.25, 0.3) is 0 Å². The highest BCUT2D eigenvalue weighted by atomic mass is 14.0. The molecule has 65 valence electrons. The summed E-state index contributed by atoms with van der Waals surface area (Å²) in [5.41, 5.74) is 0. The van der Waals surface area contributed by atoms with E-state index in [1.807, 2.05) is 0 Å². The lowest BCUT2D eigenvalue weighted by atomic mass is 9.54. The van der Waals surface area contributed by atoms with Gasteiger partial charge in [0.25, 0.3) is 0 Å². The third kappa shape index (κ3) is 6.46. The average Bonchev–Trinajstić information content (AvgIpc) is 1.97. The third-order valence-electron chi connectivity index (χ3n) is 2.11. The lowest BCUT2D eigenvalue weighted by Gasteiger charge is -2.14. The van der Waals surface area contributed by atoms with Gasteiger partial charge in [-0.1, -0.05) is 65.0 Å². The van der Waals surface area contributed by atoms with E-state index in [2.05, 4.69) is 35.0 Å². The van der Waals surface area contributed by atoms with Gasteiger partial charge in [0, 0.05) is 0 Å². The minimum atomic E-state index is 0.761. The summed E-state index contributed by atoms with van der Waals surface area (Å²) in [6.45, 7) is 9.10. The maximum absolute atomic E-state index is 2.50. The number of unbranched alkanes of at least 4 members (excludes halogenated alkanes) is 1. The normalized spacial score (nSPS) is 13.5. The summed E-state index contributed by atoms with van der Waals surface area (Å²) in [5, 5.41) is 0. The predicted octanol–water partition coefficient (Wildman–Crippen LogP) is 3.91. The second-order valence-electron chi connectivity index (χ2n) is 3.75. The van der Waals surface area contributed by atoms with Crippen LogP contribution in [0.4, 0.5) is 0 Å². The Kier molecular flexibility index (Phi) is 6.80. The van der Waals surface area contributed by atoms with Crippen molar-refractivity contribution >= 4 is 7.28 Å². The van der Waals surface area contributed by atoms with Gasteiger partial charge in [-0.15, -0.1) is 0 Å². The van der Waals surface area contributed by atoms with E-state index < -0.39 is 0 Å². The molecule has 0 aromatic carbocycles. The van der Waals surface area contributed by atoms with Crippen LogP contribution in [0.2, 0.25) is 11.6 Å².